The molecule has 0 bridgehead atoms. The molecule has 1 aliphatic heterocycles. The summed E-state index contributed by atoms with van der Waals surface area (Å²) in [6.07, 6.45) is 1.05. The van der Waals surface area contributed by atoms with E-state index in [4.69, 9.17) is 28.9 Å². The smallest absolute Gasteiger partial charge is 0.326 e. The van der Waals surface area contributed by atoms with Gasteiger partial charge in [0.25, 0.3) is 0 Å². The number of aliphatic carboxylic acids is 1. The highest BCUT2D eigenvalue weighted by Crippen LogP contribution is 2.39. The molecule has 9 heteroatoms. The van der Waals surface area contributed by atoms with E-state index in [0.29, 0.717) is 34.3 Å². The fourth-order valence-corrected chi connectivity index (χ4v) is 3.94. The van der Waals surface area contributed by atoms with Crippen molar-refractivity contribution in [3.05, 3.63) is 63.1 Å². The third-order valence-electron chi connectivity index (χ3n) is 4.78. The average Bonchev–Trinajstić information content (AvgIpc) is 2.65. The summed E-state index contributed by atoms with van der Waals surface area (Å²) in [4.78, 5) is 24.0. The van der Waals surface area contributed by atoms with E-state index in [0.717, 1.165) is 11.1 Å². The lowest BCUT2D eigenvalue weighted by Gasteiger charge is -2.32. The molecule has 5 N–H and O–H groups in total. The molecule has 6 nitrogen and oxygen atoms in total. The zero-order chi connectivity index (χ0) is 20.3. The van der Waals surface area contributed by atoms with Crippen LogP contribution < -0.4 is 16.4 Å². The van der Waals surface area contributed by atoms with Gasteiger partial charge in [-0.3, -0.25) is 4.79 Å². The summed E-state index contributed by atoms with van der Waals surface area (Å²) < 4.78 is 0. The summed E-state index contributed by atoms with van der Waals surface area (Å²) in [6, 6.07) is 9.65. The van der Waals surface area contributed by atoms with Crippen LogP contribution in [0.5, 0.6) is 0 Å². The van der Waals surface area contributed by atoms with Crippen molar-refractivity contribution in [3.8, 4) is 0 Å². The van der Waals surface area contributed by atoms with Crippen molar-refractivity contribution in [2.75, 3.05) is 5.32 Å². The van der Waals surface area contributed by atoms with Crippen molar-refractivity contribution in [1.29, 1.82) is 0 Å². The molecular weight excluding hydrogens is 437 g/mol. The topological polar surface area (TPSA) is 104 Å². The predicted molar refractivity (Wildman–Crippen MR) is 117 cm³/mol. The molecule has 29 heavy (non-hydrogen) atoms. The highest BCUT2D eigenvalue weighted by atomic mass is 35.5. The van der Waals surface area contributed by atoms with Gasteiger partial charge in [-0.1, -0.05) is 47.5 Å². The van der Waals surface area contributed by atoms with E-state index in [9.17, 15) is 14.7 Å². The van der Waals surface area contributed by atoms with Crippen LogP contribution in [0.2, 0.25) is 10.0 Å². The van der Waals surface area contributed by atoms with E-state index in [-0.39, 0.29) is 31.2 Å². The Labute approximate surface area is 185 Å². The highest BCUT2D eigenvalue weighted by Gasteiger charge is 2.33. The van der Waals surface area contributed by atoms with E-state index >= 15 is 0 Å². The fourth-order valence-electron chi connectivity index (χ4n) is 3.32. The van der Waals surface area contributed by atoms with Crippen LogP contribution in [0.25, 0.3) is 0 Å². The van der Waals surface area contributed by atoms with Crippen molar-refractivity contribution in [3.63, 3.8) is 0 Å². The molecule has 0 saturated carbocycles. The van der Waals surface area contributed by atoms with Gasteiger partial charge in [-0.05, 0) is 29.7 Å². The van der Waals surface area contributed by atoms with E-state index in [2.05, 4.69) is 10.6 Å². The standard InChI is InChI=1S/C20H21Cl2N3O3.ClH/c21-13-7-14(22)19-15(8-13)24-17(20(27)28)9-16(19)25-18(26)6-5-11-1-3-12(10-23)4-2-11;/h1-4,7-8,16-17,24H,5-6,9-10,23H2,(H,25,26)(H,27,28);1H/t16-,17+;/m0./s1. The Bertz CT molecular complexity index is 891. The Morgan fingerprint density at radius 2 is 1.83 bits per heavy atom. The molecule has 3 rings (SSSR count). The second-order valence-corrected chi connectivity index (χ2v) is 7.60. The molecule has 0 unspecified atom stereocenters. The van der Waals surface area contributed by atoms with Gasteiger partial charge in [0, 0.05) is 40.7 Å². The first-order chi connectivity index (χ1) is 13.4. The van der Waals surface area contributed by atoms with Crippen LogP contribution in [-0.2, 0) is 22.6 Å². The molecule has 2 aromatic rings. The van der Waals surface area contributed by atoms with Crippen molar-refractivity contribution >= 4 is 53.2 Å². The third kappa shape index (κ3) is 5.76. The van der Waals surface area contributed by atoms with Crippen LogP contribution in [0.1, 0.15) is 35.6 Å². The number of hydrogen-bond donors (Lipinski definition) is 4. The molecule has 1 heterocycles. The van der Waals surface area contributed by atoms with Gasteiger partial charge in [-0.25, -0.2) is 4.79 Å². The van der Waals surface area contributed by atoms with Gasteiger partial charge in [0.05, 0.1) is 6.04 Å². The van der Waals surface area contributed by atoms with E-state index in [1.165, 1.54) is 0 Å². The van der Waals surface area contributed by atoms with Crippen LogP contribution in [0.15, 0.2) is 36.4 Å². The van der Waals surface area contributed by atoms with Gasteiger partial charge in [0.2, 0.25) is 5.91 Å². The first-order valence-corrected chi connectivity index (χ1v) is 9.68. The summed E-state index contributed by atoms with van der Waals surface area (Å²) in [7, 11) is 0. The van der Waals surface area contributed by atoms with Gasteiger partial charge in [-0.15, -0.1) is 12.4 Å². The minimum Gasteiger partial charge on any atom is -0.480 e. The van der Waals surface area contributed by atoms with Crippen molar-refractivity contribution in [1.82, 2.24) is 5.32 Å². The number of carboxylic acid groups (broad SMARTS) is 1. The van der Waals surface area contributed by atoms with Crippen molar-refractivity contribution in [2.45, 2.75) is 37.9 Å². The lowest BCUT2D eigenvalue weighted by molar-refractivity contribution is -0.138. The Kier molecular flexibility index (Phi) is 8.16. The van der Waals surface area contributed by atoms with Gasteiger partial charge >= 0.3 is 5.97 Å². The zero-order valence-corrected chi connectivity index (χ0v) is 17.8. The number of fused-ring (bicyclic) bond motifs is 1. The van der Waals surface area contributed by atoms with Crippen molar-refractivity contribution in [2.24, 2.45) is 5.73 Å². The first-order valence-electron chi connectivity index (χ1n) is 8.93. The number of rotatable bonds is 6. The second-order valence-electron chi connectivity index (χ2n) is 6.76. The number of hydrogen-bond acceptors (Lipinski definition) is 4. The minimum absolute atomic E-state index is 0. The van der Waals surface area contributed by atoms with Gasteiger partial charge in [0.1, 0.15) is 6.04 Å². The molecule has 1 amide bonds. The summed E-state index contributed by atoms with van der Waals surface area (Å²) in [6.45, 7) is 0.478. The van der Waals surface area contributed by atoms with Crippen LogP contribution >= 0.6 is 35.6 Å². The molecule has 2 aromatic carbocycles. The van der Waals surface area contributed by atoms with Crippen LogP contribution in [0, 0.1) is 0 Å². The monoisotopic (exact) mass is 457 g/mol. The Morgan fingerprint density at radius 3 is 2.45 bits per heavy atom. The van der Waals surface area contributed by atoms with E-state index < -0.39 is 18.1 Å². The highest BCUT2D eigenvalue weighted by molar-refractivity contribution is 6.35. The quantitative estimate of drug-likeness (QED) is 0.525. The summed E-state index contributed by atoms with van der Waals surface area (Å²) in [5, 5.41) is 16.0. The Morgan fingerprint density at radius 1 is 1.17 bits per heavy atom. The molecule has 156 valence electrons. The predicted octanol–water partition coefficient (Wildman–Crippen LogP) is 3.93. The maximum atomic E-state index is 12.5. The molecule has 0 aliphatic carbocycles. The molecule has 1 aliphatic rings. The number of aryl methyl sites for hydroxylation is 1. The molecule has 0 fully saturated rings. The van der Waals surface area contributed by atoms with Crippen molar-refractivity contribution < 1.29 is 14.7 Å². The maximum absolute atomic E-state index is 12.5. The second kappa shape index (κ2) is 10.2. The average molecular weight is 459 g/mol. The molecule has 2 atom stereocenters. The number of anilines is 1. The number of amides is 1. The van der Waals surface area contributed by atoms with Crippen LogP contribution in [-0.4, -0.2) is 23.0 Å². The molecule has 0 spiro atoms. The number of carbonyl (C=O) groups excluding carboxylic acids is 1. The largest absolute Gasteiger partial charge is 0.480 e. The Hall–Kier alpha value is -1.99. The normalized spacial score (nSPS) is 17.5. The number of benzene rings is 2. The minimum atomic E-state index is -0.999. The lowest BCUT2D eigenvalue weighted by Crippen LogP contribution is -2.41. The van der Waals surface area contributed by atoms with E-state index in [1.54, 1.807) is 12.1 Å². The van der Waals surface area contributed by atoms with Gasteiger partial charge < -0.3 is 21.5 Å². The maximum Gasteiger partial charge on any atom is 0.326 e. The summed E-state index contributed by atoms with van der Waals surface area (Å²) in [5.41, 5.74) is 8.84. The summed E-state index contributed by atoms with van der Waals surface area (Å²) >= 11 is 12.4. The lowest BCUT2D eigenvalue weighted by atomic mass is 9.92. The number of carbonyl (C=O) groups is 2. The number of nitrogens with two attached hydrogens (primary N) is 1. The molecule has 0 saturated heterocycles. The Balaban J connectivity index is 0.00000300. The number of nitrogens with one attached hydrogen (secondary N) is 2. The van der Waals surface area contributed by atoms with E-state index in [1.807, 2.05) is 24.3 Å². The number of halogens is 3. The van der Waals surface area contributed by atoms with Crippen LogP contribution in [0.4, 0.5) is 5.69 Å². The molecule has 0 aromatic heterocycles. The third-order valence-corrected chi connectivity index (χ3v) is 5.31. The van der Waals surface area contributed by atoms with Gasteiger partial charge in [-0.2, -0.15) is 0 Å². The zero-order valence-electron chi connectivity index (χ0n) is 15.5. The molecule has 0 radical (unpaired) electrons. The summed E-state index contributed by atoms with van der Waals surface area (Å²) in [5.74, 6) is -1.17. The molecular formula is C20H22Cl3N3O3. The van der Waals surface area contributed by atoms with Gasteiger partial charge in [0.15, 0.2) is 0 Å². The first kappa shape index (κ1) is 23.3. The SMILES string of the molecule is Cl.NCc1ccc(CCC(=O)N[C@H]2C[C@H](C(=O)O)Nc3cc(Cl)cc(Cl)c32)cc1. The van der Waals surface area contributed by atoms with Crippen LogP contribution in [0.3, 0.4) is 0 Å². The number of carboxylic acids is 1. The fraction of sp³-hybridized carbons (Fsp3) is 0.300.